The van der Waals surface area contributed by atoms with Crippen LogP contribution in [0.1, 0.15) is 46.5 Å². The van der Waals surface area contributed by atoms with Crippen molar-refractivity contribution in [2.24, 2.45) is 11.1 Å². The number of carbonyl (C=O) groups excluding carboxylic acids is 2. The third-order valence-corrected chi connectivity index (χ3v) is 4.43. The summed E-state index contributed by atoms with van der Waals surface area (Å²) >= 11 is 0. The van der Waals surface area contributed by atoms with Crippen molar-refractivity contribution in [1.82, 2.24) is 10.2 Å². The average Bonchev–Trinajstić information content (AvgIpc) is 2.38. The number of amides is 3. The molecule has 0 bridgehead atoms. The number of nitrogens with zero attached hydrogens (tertiary/aromatic N) is 1. The first kappa shape index (κ1) is 17.9. The van der Waals surface area contributed by atoms with Crippen molar-refractivity contribution in [3.05, 3.63) is 0 Å². The predicted octanol–water partition coefficient (Wildman–Crippen LogP) is 1.49. The van der Waals surface area contributed by atoms with Gasteiger partial charge in [-0.15, -0.1) is 0 Å². The Hall–Kier alpha value is -1.14. The van der Waals surface area contributed by atoms with Gasteiger partial charge >= 0.3 is 6.03 Å². The van der Waals surface area contributed by atoms with Crippen LogP contribution in [-0.4, -0.2) is 49.2 Å². The summed E-state index contributed by atoms with van der Waals surface area (Å²) in [6.07, 6.45) is 3.79. The number of rotatable bonds is 8. The van der Waals surface area contributed by atoms with Crippen LogP contribution in [0.4, 0.5) is 4.79 Å². The van der Waals surface area contributed by atoms with E-state index in [0.717, 1.165) is 25.9 Å². The van der Waals surface area contributed by atoms with Gasteiger partial charge in [0.05, 0.1) is 6.10 Å². The Labute approximate surface area is 127 Å². The van der Waals surface area contributed by atoms with Crippen molar-refractivity contribution in [1.29, 1.82) is 0 Å². The van der Waals surface area contributed by atoms with Gasteiger partial charge in [-0.2, -0.15) is 0 Å². The van der Waals surface area contributed by atoms with Crippen LogP contribution in [0.25, 0.3) is 0 Å². The van der Waals surface area contributed by atoms with Crippen molar-refractivity contribution in [3.63, 3.8) is 0 Å². The van der Waals surface area contributed by atoms with Gasteiger partial charge in [-0.05, 0) is 19.9 Å². The first-order valence-electron chi connectivity index (χ1n) is 7.70. The number of imide groups is 1. The molecule has 0 aliphatic heterocycles. The molecule has 0 saturated heterocycles. The molecule has 2 unspecified atom stereocenters. The third kappa shape index (κ3) is 4.97. The second-order valence-corrected chi connectivity index (χ2v) is 6.43. The number of nitrogens with two attached hydrogens (primary N) is 1. The molecule has 3 N–H and O–H groups in total. The second kappa shape index (κ2) is 7.75. The van der Waals surface area contributed by atoms with Gasteiger partial charge in [0.1, 0.15) is 0 Å². The maximum atomic E-state index is 11.4. The van der Waals surface area contributed by atoms with Crippen LogP contribution < -0.4 is 11.1 Å². The summed E-state index contributed by atoms with van der Waals surface area (Å²) in [7, 11) is 2.01. The van der Waals surface area contributed by atoms with Gasteiger partial charge in [0.15, 0.2) is 0 Å². The SMILES string of the molecule is CCCCOC1CC(N(C)CCC(=O)NC(N)=O)C1(C)C. The van der Waals surface area contributed by atoms with Crippen LogP contribution in [0.5, 0.6) is 0 Å². The molecule has 1 aliphatic carbocycles. The summed E-state index contributed by atoms with van der Waals surface area (Å²) in [4.78, 5) is 24.2. The average molecular weight is 299 g/mol. The molecule has 1 aliphatic rings. The molecule has 1 rings (SSSR count). The zero-order chi connectivity index (χ0) is 16.0. The lowest BCUT2D eigenvalue weighted by atomic mass is 9.64. The van der Waals surface area contributed by atoms with Gasteiger partial charge in [0, 0.05) is 31.0 Å². The summed E-state index contributed by atoms with van der Waals surface area (Å²) in [6, 6.07) is -0.401. The predicted molar refractivity (Wildman–Crippen MR) is 81.8 cm³/mol. The Morgan fingerprint density at radius 2 is 2.10 bits per heavy atom. The summed E-state index contributed by atoms with van der Waals surface area (Å²) in [6.45, 7) is 8.00. The quantitative estimate of drug-likeness (QED) is 0.665. The molecule has 0 spiro atoms. The third-order valence-electron chi connectivity index (χ3n) is 4.43. The van der Waals surface area contributed by atoms with Crippen molar-refractivity contribution in [2.75, 3.05) is 20.2 Å². The fraction of sp³-hybridized carbons (Fsp3) is 0.867. The molecule has 6 heteroatoms. The number of primary amides is 1. The Balaban J connectivity index is 2.34. The van der Waals surface area contributed by atoms with Crippen LogP contribution in [0, 0.1) is 5.41 Å². The van der Waals surface area contributed by atoms with Crippen molar-refractivity contribution < 1.29 is 14.3 Å². The number of unbranched alkanes of at least 4 members (excludes halogenated alkanes) is 1. The molecule has 0 aromatic carbocycles. The molecule has 2 atom stereocenters. The fourth-order valence-corrected chi connectivity index (χ4v) is 2.90. The number of hydrogen-bond acceptors (Lipinski definition) is 4. The Kier molecular flexibility index (Phi) is 6.61. The van der Waals surface area contributed by atoms with Crippen molar-refractivity contribution in [2.45, 2.75) is 58.6 Å². The van der Waals surface area contributed by atoms with Gasteiger partial charge in [-0.25, -0.2) is 4.79 Å². The summed E-state index contributed by atoms with van der Waals surface area (Å²) in [5, 5.41) is 2.09. The van der Waals surface area contributed by atoms with Crippen molar-refractivity contribution >= 4 is 11.9 Å². The molecular formula is C15H29N3O3. The van der Waals surface area contributed by atoms with Gasteiger partial charge in [-0.1, -0.05) is 27.2 Å². The highest BCUT2D eigenvalue weighted by Gasteiger charge is 2.50. The van der Waals surface area contributed by atoms with E-state index in [2.05, 4.69) is 31.0 Å². The van der Waals surface area contributed by atoms with E-state index in [1.165, 1.54) is 0 Å². The molecule has 1 fully saturated rings. The lowest BCUT2D eigenvalue weighted by Gasteiger charge is -2.55. The lowest BCUT2D eigenvalue weighted by molar-refractivity contribution is -0.149. The highest BCUT2D eigenvalue weighted by Crippen LogP contribution is 2.45. The number of urea groups is 1. The normalized spacial score (nSPS) is 23.7. The van der Waals surface area contributed by atoms with Crippen LogP contribution in [0.15, 0.2) is 0 Å². The van der Waals surface area contributed by atoms with Crippen LogP contribution in [-0.2, 0) is 9.53 Å². The number of ether oxygens (including phenoxy) is 1. The second-order valence-electron chi connectivity index (χ2n) is 6.43. The topological polar surface area (TPSA) is 84.7 Å². The summed E-state index contributed by atoms with van der Waals surface area (Å²) in [5.74, 6) is -0.331. The van der Waals surface area contributed by atoms with E-state index in [1.807, 2.05) is 7.05 Å². The van der Waals surface area contributed by atoms with E-state index in [4.69, 9.17) is 10.5 Å². The molecule has 122 valence electrons. The molecule has 21 heavy (non-hydrogen) atoms. The Morgan fingerprint density at radius 1 is 1.43 bits per heavy atom. The highest BCUT2D eigenvalue weighted by molar-refractivity contribution is 5.93. The fourth-order valence-electron chi connectivity index (χ4n) is 2.90. The molecule has 0 aromatic rings. The zero-order valence-electron chi connectivity index (χ0n) is 13.6. The zero-order valence-corrected chi connectivity index (χ0v) is 13.6. The van der Waals surface area contributed by atoms with Crippen LogP contribution in [0.2, 0.25) is 0 Å². The molecule has 3 amide bonds. The molecule has 1 saturated carbocycles. The van der Waals surface area contributed by atoms with Crippen LogP contribution >= 0.6 is 0 Å². The molecule has 0 radical (unpaired) electrons. The standard InChI is InChI=1S/C15H29N3O3/c1-5-6-9-21-12-10-11(15(12,2)3)18(4)8-7-13(19)17-14(16)20/h11-12H,5-10H2,1-4H3,(H3,16,17,19,20). The number of carbonyl (C=O) groups is 2. The lowest BCUT2D eigenvalue weighted by Crippen LogP contribution is -2.61. The number of hydrogen-bond donors (Lipinski definition) is 2. The summed E-state index contributed by atoms with van der Waals surface area (Å²) < 4.78 is 5.93. The van der Waals surface area contributed by atoms with E-state index >= 15 is 0 Å². The molecule has 0 aromatic heterocycles. The van der Waals surface area contributed by atoms with E-state index in [1.54, 1.807) is 0 Å². The molecular weight excluding hydrogens is 270 g/mol. The van der Waals surface area contributed by atoms with Crippen LogP contribution in [0.3, 0.4) is 0 Å². The minimum atomic E-state index is -0.795. The number of nitrogens with one attached hydrogen (secondary N) is 1. The minimum Gasteiger partial charge on any atom is -0.378 e. The largest absolute Gasteiger partial charge is 0.378 e. The van der Waals surface area contributed by atoms with E-state index < -0.39 is 6.03 Å². The van der Waals surface area contributed by atoms with Crippen molar-refractivity contribution in [3.8, 4) is 0 Å². The van der Waals surface area contributed by atoms with Gasteiger partial charge < -0.3 is 15.4 Å². The van der Waals surface area contributed by atoms with E-state index in [0.29, 0.717) is 12.6 Å². The first-order chi connectivity index (χ1) is 9.78. The van der Waals surface area contributed by atoms with Gasteiger partial charge in [0.2, 0.25) is 5.91 Å². The maximum absolute atomic E-state index is 11.4. The van der Waals surface area contributed by atoms with Gasteiger partial charge in [-0.3, -0.25) is 10.1 Å². The van der Waals surface area contributed by atoms with Gasteiger partial charge in [0.25, 0.3) is 0 Å². The minimum absolute atomic E-state index is 0.0860. The highest BCUT2D eigenvalue weighted by atomic mass is 16.5. The maximum Gasteiger partial charge on any atom is 0.318 e. The van der Waals surface area contributed by atoms with E-state index in [9.17, 15) is 9.59 Å². The van der Waals surface area contributed by atoms with E-state index in [-0.39, 0.29) is 23.8 Å². The summed E-state index contributed by atoms with van der Waals surface area (Å²) in [5.41, 5.74) is 5.00. The molecule has 0 heterocycles. The Morgan fingerprint density at radius 3 is 2.62 bits per heavy atom. The molecule has 6 nitrogen and oxygen atoms in total. The smallest absolute Gasteiger partial charge is 0.318 e. The monoisotopic (exact) mass is 299 g/mol. The first-order valence-corrected chi connectivity index (χ1v) is 7.70. The Bertz CT molecular complexity index is 371.